The molecule has 0 radical (unpaired) electrons. The van der Waals surface area contributed by atoms with Crippen LogP contribution in [0, 0.1) is 11.3 Å². The van der Waals surface area contributed by atoms with Crippen molar-refractivity contribution in [2.45, 2.75) is 19.9 Å². The molecule has 0 bridgehead atoms. The van der Waals surface area contributed by atoms with Crippen molar-refractivity contribution in [1.82, 2.24) is 10.6 Å². The molecule has 0 aromatic heterocycles. The Labute approximate surface area is 168 Å². The number of ether oxygens (including phenoxy) is 2. The fraction of sp³-hybridized carbons (Fsp3) is 0.227. The van der Waals surface area contributed by atoms with Gasteiger partial charge in [-0.1, -0.05) is 24.3 Å². The van der Waals surface area contributed by atoms with Crippen molar-refractivity contribution in [2.75, 3.05) is 13.2 Å². The minimum Gasteiger partial charge on any atom is -0.487 e. The lowest BCUT2D eigenvalue weighted by Crippen LogP contribution is -2.50. The van der Waals surface area contributed by atoms with Crippen molar-refractivity contribution in [3.8, 4) is 22.9 Å². The summed E-state index contributed by atoms with van der Waals surface area (Å²) in [5, 5.41) is 14.2. The van der Waals surface area contributed by atoms with Gasteiger partial charge in [0.2, 0.25) is 0 Å². The van der Waals surface area contributed by atoms with Gasteiger partial charge in [-0.25, -0.2) is 9.59 Å². The van der Waals surface area contributed by atoms with E-state index in [0.717, 1.165) is 11.1 Å². The number of hydrogen-bond acceptors (Lipinski definition) is 5. The molecule has 0 saturated heterocycles. The van der Waals surface area contributed by atoms with Gasteiger partial charge in [-0.15, -0.1) is 0 Å². The fourth-order valence-corrected chi connectivity index (χ4v) is 3.03. The van der Waals surface area contributed by atoms with E-state index in [0.29, 0.717) is 22.6 Å². The standard InChI is InChI=1S/C22H21N3O4/c1-3-28-21(26)20-14(2)24-22(27)25-19(20)13-29-18-10-8-17(9-11-18)16-6-4-15(12-23)5-7-16/h4-11,14H,3,13H2,1-2H3,(H2,24,25,27). The molecule has 1 heterocycles. The van der Waals surface area contributed by atoms with E-state index in [1.54, 1.807) is 26.0 Å². The molecule has 1 unspecified atom stereocenters. The highest BCUT2D eigenvalue weighted by molar-refractivity contribution is 5.94. The zero-order valence-electron chi connectivity index (χ0n) is 16.2. The predicted octanol–water partition coefficient (Wildman–Crippen LogP) is 3.12. The van der Waals surface area contributed by atoms with E-state index in [9.17, 15) is 9.59 Å². The summed E-state index contributed by atoms with van der Waals surface area (Å²) < 4.78 is 10.9. The Bertz CT molecular complexity index is 973. The summed E-state index contributed by atoms with van der Waals surface area (Å²) in [6.45, 7) is 3.72. The SMILES string of the molecule is CCOC(=O)C1=C(COc2ccc(-c3ccc(C#N)cc3)cc2)NC(=O)NC1C. The van der Waals surface area contributed by atoms with Crippen LogP contribution in [0.1, 0.15) is 19.4 Å². The topological polar surface area (TPSA) is 100 Å². The van der Waals surface area contributed by atoms with Gasteiger partial charge in [0.25, 0.3) is 0 Å². The largest absolute Gasteiger partial charge is 0.487 e. The summed E-state index contributed by atoms with van der Waals surface area (Å²) in [5.74, 6) is 0.112. The third kappa shape index (κ3) is 4.74. The predicted molar refractivity (Wildman–Crippen MR) is 107 cm³/mol. The highest BCUT2D eigenvalue weighted by Gasteiger charge is 2.29. The van der Waals surface area contributed by atoms with E-state index in [2.05, 4.69) is 16.7 Å². The minimum atomic E-state index is -0.484. The Balaban J connectivity index is 1.73. The maximum atomic E-state index is 12.2. The van der Waals surface area contributed by atoms with Crippen molar-refractivity contribution in [1.29, 1.82) is 5.26 Å². The molecule has 0 spiro atoms. The van der Waals surface area contributed by atoms with Crippen molar-refractivity contribution < 1.29 is 19.1 Å². The van der Waals surface area contributed by atoms with Gasteiger partial charge in [-0.05, 0) is 49.2 Å². The van der Waals surface area contributed by atoms with Crippen LogP contribution in [0.2, 0.25) is 0 Å². The molecule has 2 aromatic rings. The Kier molecular flexibility index (Phi) is 6.15. The first kappa shape index (κ1) is 20.0. The second-order valence-electron chi connectivity index (χ2n) is 6.44. The Morgan fingerprint density at radius 1 is 1.10 bits per heavy atom. The van der Waals surface area contributed by atoms with Crippen molar-refractivity contribution in [2.24, 2.45) is 0 Å². The Hall–Kier alpha value is -3.79. The summed E-state index contributed by atoms with van der Waals surface area (Å²) in [6.07, 6.45) is 0. The monoisotopic (exact) mass is 391 g/mol. The molecule has 1 aliphatic rings. The second-order valence-corrected chi connectivity index (χ2v) is 6.44. The minimum absolute atomic E-state index is 0.0299. The summed E-state index contributed by atoms with van der Waals surface area (Å²) in [7, 11) is 0. The molecule has 0 aliphatic carbocycles. The highest BCUT2D eigenvalue weighted by atomic mass is 16.5. The lowest BCUT2D eigenvalue weighted by Gasteiger charge is -2.26. The van der Waals surface area contributed by atoms with Crippen LogP contribution in [-0.4, -0.2) is 31.3 Å². The molecule has 3 rings (SSSR count). The molecule has 1 atom stereocenters. The fourth-order valence-electron chi connectivity index (χ4n) is 3.03. The van der Waals surface area contributed by atoms with Gasteiger partial charge in [-0.2, -0.15) is 5.26 Å². The van der Waals surface area contributed by atoms with Crippen LogP contribution in [0.15, 0.2) is 59.8 Å². The van der Waals surface area contributed by atoms with E-state index in [1.165, 1.54) is 0 Å². The number of carbonyl (C=O) groups excluding carboxylic acids is 2. The molecule has 2 aromatic carbocycles. The number of benzene rings is 2. The molecule has 7 heteroatoms. The lowest BCUT2D eigenvalue weighted by atomic mass is 10.0. The molecule has 2 N–H and O–H groups in total. The average molecular weight is 391 g/mol. The molecule has 1 aliphatic heterocycles. The van der Waals surface area contributed by atoms with Gasteiger partial charge < -0.3 is 20.1 Å². The first-order valence-electron chi connectivity index (χ1n) is 9.23. The summed E-state index contributed by atoms with van der Waals surface area (Å²) in [5.41, 5.74) is 3.31. The summed E-state index contributed by atoms with van der Waals surface area (Å²) in [6, 6.07) is 16.0. The number of nitriles is 1. The van der Waals surface area contributed by atoms with Crippen LogP contribution >= 0.6 is 0 Å². The van der Waals surface area contributed by atoms with Crippen LogP contribution in [0.3, 0.4) is 0 Å². The van der Waals surface area contributed by atoms with Crippen molar-refractivity contribution >= 4 is 12.0 Å². The molecule has 2 amide bonds. The van der Waals surface area contributed by atoms with E-state index in [-0.39, 0.29) is 19.2 Å². The number of rotatable bonds is 6. The zero-order chi connectivity index (χ0) is 20.8. The van der Waals surface area contributed by atoms with Crippen LogP contribution in [-0.2, 0) is 9.53 Å². The molecule has 0 saturated carbocycles. The second kappa shape index (κ2) is 8.93. The van der Waals surface area contributed by atoms with Crippen LogP contribution in [0.25, 0.3) is 11.1 Å². The van der Waals surface area contributed by atoms with Crippen LogP contribution in [0.4, 0.5) is 4.79 Å². The van der Waals surface area contributed by atoms with Gasteiger partial charge in [0, 0.05) is 0 Å². The number of urea groups is 1. The number of nitrogens with zero attached hydrogens (tertiary/aromatic N) is 1. The number of carbonyl (C=O) groups is 2. The maximum absolute atomic E-state index is 12.2. The van der Waals surface area contributed by atoms with Gasteiger partial charge in [-0.3, -0.25) is 0 Å². The Morgan fingerprint density at radius 2 is 1.72 bits per heavy atom. The van der Waals surface area contributed by atoms with Gasteiger partial charge in [0.1, 0.15) is 12.4 Å². The molecular formula is C22H21N3O4. The summed E-state index contributed by atoms with van der Waals surface area (Å²) >= 11 is 0. The number of esters is 1. The van der Waals surface area contributed by atoms with Gasteiger partial charge >= 0.3 is 12.0 Å². The molecule has 29 heavy (non-hydrogen) atoms. The van der Waals surface area contributed by atoms with E-state index in [4.69, 9.17) is 14.7 Å². The zero-order valence-corrected chi connectivity index (χ0v) is 16.2. The van der Waals surface area contributed by atoms with Crippen molar-refractivity contribution in [3.63, 3.8) is 0 Å². The first-order valence-corrected chi connectivity index (χ1v) is 9.23. The van der Waals surface area contributed by atoms with Crippen LogP contribution < -0.4 is 15.4 Å². The highest BCUT2D eigenvalue weighted by Crippen LogP contribution is 2.23. The number of hydrogen-bond donors (Lipinski definition) is 2. The molecule has 148 valence electrons. The third-order valence-corrected chi connectivity index (χ3v) is 4.45. The number of amides is 2. The lowest BCUT2D eigenvalue weighted by molar-refractivity contribution is -0.139. The van der Waals surface area contributed by atoms with Crippen molar-refractivity contribution in [3.05, 3.63) is 65.4 Å². The third-order valence-electron chi connectivity index (χ3n) is 4.45. The van der Waals surface area contributed by atoms with E-state index >= 15 is 0 Å². The average Bonchev–Trinajstić information content (AvgIpc) is 2.72. The van der Waals surface area contributed by atoms with Crippen LogP contribution in [0.5, 0.6) is 5.75 Å². The maximum Gasteiger partial charge on any atom is 0.338 e. The Morgan fingerprint density at radius 3 is 2.31 bits per heavy atom. The normalized spacial score (nSPS) is 15.8. The molecule has 7 nitrogen and oxygen atoms in total. The molecular weight excluding hydrogens is 370 g/mol. The van der Waals surface area contributed by atoms with E-state index in [1.807, 2.05) is 36.4 Å². The smallest absolute Gasteiger partial charge is 0.338 e. The van der Waals surface area contributed by atoms with Gasteiger partial charge in [0.05, 0.1) is 35.6 Å². The quantitative estimate of drug-likeness (QED) is 0.737. The van der Waals surface area contributed by atoms with E-state index < -0.39 is 12.0 Å². The van der Waals surface area contributed by atoms with Gasteiger partial charge in [0.15, 0.2) is 0 Å². The first-order chi connectivity index (χ1) is 14.0. The molecule has 0 fully saturated rings. The summed E-state index contributed by atoms with van der Waals surface area (Å²) in [4.78, 5) is 24.0. The number of nitrogens with one attached hydrogen (secondary N) is 2.